The molecule has 2 aromatic carbocycles. The van der Waals surface area contributed by atoms with Gasteiger partial charge in [-0.1, -0.05) is 37.3 Å². The van der Waals surface area contributed by atoms with Crippen LogP contribution in [-0.2, 0) is 12.8 Å². The summed E-state index contributed by atoms with van der Waals surface area (Å²) in [5.41, 5.74) is 4.68. The summed E-state index contributed by atoms with van der Waals surface area (Å²) in [5.74, 6) is -0.0859. The fraction of sp³-hybridized carbons (Fsp3) is 0.174. The smallest absolute Gasteiger partial charge is 0.254 e. The highest BCUT2D eigenvalue weighted by Gasteiger charge is 2.16. The lowest BCUT2D eigenvalue weighted by Gasteiger charge is -2.09. The van der Waals surface area contributed by atoms with Gasteiger partial charge in [-0.25, -0.2) is 9.36 Å². The lowest BCUT2D eigenvalue weighted by molar-refractivity contribution is 0.0953. The molecule has 0 atom stereocenters. The number of hydrogen-bond acceptors (Lipinski definition) is 3. The van der Waals surface area contributed by atoms with E-state index in [1.807, 2.05) is 71.0 Å². The van der Waals surface area contributed by atoms with Crippen LogP contribution in [0.5, 0.6) is 0 Å². The molecule has 0 spiro atoms. The molecule has 0 bridgehead atoms. The van der Waals surface area contributed by atoms with E-state index in [4.69, 9.17) is 0 Å². The van der Waals surface area contributed by atoms with Crippen LogP contribution >= 0.6 is 0 Å². The van der Waals surface area contributed by atoms with Gasteiger partial charge in [0.1, 0.15) is 0 Å². The maximum absolute atomic E-state index is 12.7. The van der Waals surface area contributed by atoms with E-state index in [0.717, 1.165) is 35.5 Å². The molecule has 0 radical (unpaired) electrons. The second kappa shape index (κ2) is 8.56. The molecule has 29 heavy (non-hydrogen) atoms. The van der Waals surface area contributed by atoms with Crippen molar-refractivity contribution in [2.75, 3.05) is 6.54 Å². The number of rotatable bonds is 7. The van der Waals surface area contributed by atoms with Gasteiger partial charge in [-0.15, -0.1) is 0 Å². The van der Waals surface area contributed by atoms with Crippen molar-refractivity contribution >= 4 is 5.91 Å². The maximum Gasteiger partial charge on any atom is 0.254 e. The Bertz CT molecular complexity index is 1070. The minimum Gasteiger partial charge on any atom is -0.352 e. The summed E-state index contributed by atoms with van der Waals surface area (Å²) in [6.07, 6.45) is 6.82. The quantitative estimate of drug-likeness (QED) is 0.529. The fourth-order valence-electron chi connectivity index (χ4n) is 3.35. The van der Waals surface area contributed by atoms with Gasteiger partial charge in [0.05, 0.1) is 28.8 Å². The Morgan fingerprint density at radius 1 is 0.966 bits per heavy atom. The molecule has 0 saturated heterocycles. The van der Waals surface area contributed by atoms with Gasteiger partial charge in [0.2, 0.25) is 0 Å². The number of aromatic nitrogens is 4. The summed E-state index contributed by atoms with van der Waals surface area (Å²) in [5, 5.41) is 11.7. The molecule has 1 amide bonds. The predicted octanol–water partition coefficient (Wildman–Crippen LogP) is 3.59. The molecular weight excluding hydrogens is 362 g/mol. The average Bonchev–Trinajstić information content (AvgIpc) is 3.45. The van der Waals surface area contributed by atoms with Crippen LogP contribution in [-0.4, -0.2) is 32.0 Å². The number of benzene rings is 2. The highest BCUT2D eigenvalue weighted by molar-refractivity contribution is 5.95. The van der Waals surface area contributed by atoms with Crippen LogP contribution in [0.15, 0.2) is 79.3 Å². The van der Waals surface area contributed by atoms with Gasteiger partial charge < -0.3 is 5.32 Å². The molecule has 146 valence electrons. The van der Waals surface area contributed by atoms with Gasteiger partial charge in [0.25, 0.3) is 5.91 Å². The first-order chi connectivity index (χ1) is 14.3. The van der Waals surface area contributed by atoms with Crippen molar-refractivity contribution in [2.24, 2.45) is 0 Å². The number of nitrogens with one attached hydrogen (secondary N) is 1. The molecule has 0 aliphatic heterocycles. The SMILES string of the molecule is CCc1c(C(=O)NCCc2ccc(-n3cccn3)cc2)cnn1-c1ccccc1. The number of hydrogen-bond donors (Lipinski definition) is 1. The lowest BCUT2D eigenvalue weighted by Crippen LogP contribution is -2.26. The molecular formula is C23H23N5O. The van der Waals surface area contributed by atoms with Crippen molar-refractivity contribution in [1.82, 2.24) is 24.9 Å². The van der Waals surface area contributed by atoms with Crippen molar-refractivity contribution in [3.05, 3.63) is 96.1 Å². The van der Waals surface area contributed by atoms with E-state index in [2.05, 4.69) is 27.6 Å². The second-order valence-corrected chi connectivity index (χ2v) is 6.73. The topological polar surface area (TPSA) is 64.7 Å². The molecule has 1 N–H and O–H groups in total. The third-order valence-corrected chi connectivity index (χ3v) is 4.85. The highest BCUT2D eigenvalue weighted by atomic mass is 16.1. The molecule has 0 fully saturated rings. The van der Waals surface area contributed by atoms with E-state index in [-0.39, 0.29) is 5.91 Å². The maximum atomic E-state index is 12.7. The van der Waals surface area contributed by atoms with E-state index < -0.39 is 0 Å². The first kappa shape index (κ1) is 18.7. The molecule has 2 heterocycles. The van der Waals surface area contributed by atoms with Gasteiger partial charge in [0, 0.05) is 18.9 Å². The molecule has 0 saturated carbocycles. The van der Waals surface area contributed by atoms with Gasteiger partial charge in [-0.3, -0.25) is 4.79 Å². The van der Waals surface area contributed by atoms with E-state index in [1.165, 1.54) is 0 Å². The highest BCUT2D eigenvalue weighted by Crippen LogP contribution is 2.16. The Kier molecular flexibility index (Phi) is 5.52. The molecule has 0 aliphatic carbocycles. The zero-order valence-corrected chi connectivity index (χ0v) is 16.3. The van der Waals surface area contributed by atoms with Crippen molar-refractivity contribution in [3.63, 3.8) is 0 Å². The van der Waals surface area contributed by atoms with Crippen LogP contribution in [0, 0.1) is 0 Å². The van der Waals surface area contributed by atoms with Gasteiger partial charge in [-0.2, -0.15) is 10.2 Å². The minimum atomic E-state index is -0.0859. The normalized spacial score (nSPS) is 10.8. The lowest BCUT2D eigenvalue weighted by atomic mass is 10.1. The van der Waals surface area contributed by atoms with E-state index in [0.29, 0.717) is 12.1 Å². The van der Waals surface area contributed by atoms with E-state index >= 15 is 0 Å². The first-order valence-electron chi connectivity index (χ1n) is 9.75. The van der Waals surface area contributed by atoms with Gasteiger partial charge >= 0.3 is 0 Å². The summed E-state index contributed by atoms with van der Waals surface area (Å²) < 4.78 is 3.66. The van der Waals surface area contributed by atoms with Crippen molar-refractivity contribution in [1.29, 1.82) is 0 Å². The number of carbonyl (C=O) groups excluding carboxylic acids is 1. The molecule has 0 aliphatic rings. The summed E-state index contributed by atoms with van der Waals surface area (Å²) in [4.78, 5) is 12.7. The van der Waals surface area contributed by atoms with Crippen LogP contribution in [0.25, 0.3) is 11.4 Å². The Hall–Kier alpha value is -3.67. The minimum absolute atomic E-state index is 0.0859. The zero-order valence-electron chi connectivity index (χ0n) is 16.3. The van der Waals surface area contributed by atoms with Crippen LogP contribution in [0.4, 0.5) is 0 Å². The Balaban J connectivity index is 1.38. The van der Waals surface area contributed by atoms with Crippen LogP contribution in [0.1, 0.15) is 28.5 Å². The van der Waals surface area contributed by atoms with Crippen molar-refractivity contribution in [3.8, 4) is 11.4 Å². The van der Waals surface area contributed by atoms with Crippen molar-refractivity contribution < 1.29 is 4.79 Å². The fourth-order valence-corrected chi connectivity index (χ4v) is 3.35. The monoisotopic (exact) mass is 385 g/mol. The second-order valence-electron chi connectivity index (χ2n) is 6.73. The van der Waals surface area contributed by atoms with E-state index in [1.54, 1.807) is 12.4 Å². The largest absolute Gasteiger partial charge is 0.352 e. The molecule has 6 nitrogen and oxygen atoms in total. The summed E-state index contributed by atoms with van der Waals surface area (Å²) in [6, 6.07) is 20.0. The number of para-hydroxylation sites is 1. The van der Waals surface area contributed by atoms with E-state index in [9.17, 15) is 4.79 Å². The standard InChI is InChI=1S/C23H23N5O/c1-2-22-21(17-26-28(22)20-7-4-3-5-8-20)23(29)24-15-13-18-9-11-19(12-10-18)27-16-6-14-25-27/h3-12,14,16-17H,2,13,15H2,1H3,(H,24,29). The third-order valence-electron chi connectivity index (χ3n) is 4.85. The van der Waals surface area contributed by atoms with Gasteiger partial charge in [-0.05, 0) is 48.7 Å². The Morgan fingerprint density at radius 2 is 1.76 bits per heavy atom. The van der Waals surface area contributed by atoms with Crippen LogP contribution < -0.4 is 5.32 Å². The molecule has 2 aromatic heterocycles. The summed E-state index contributed by atoms with van der Waals surface area (Å²) >= 11 is 0. The Morgan fingerprint density at radius 3 is 2.45 bits per heavy atom. The van der Waals surface area contributed by atoms with Crippen molar-refractivity contribution in [2.45, 2.75) is 19.8 Å². The average molecular weight is 385 g/mol. The van der Waals surface area contributed by atoms with Gasteiger partial charge in [0.15, 0.2) is 0 Å². The number of carbonyl (C=O) groups is 1. The third kappa shape index (κ3) is 4.11. The number of nitrogens with zero attached hydrogens (tertiary/aromatic N) is 4. The Labute approximate surface area is 169 Å². The molecule has 4 rings (SSSR count). The molecule has 0 unspecified atom stereocenters. The summed E-state index contributed by atoms with van der Waals surface area (Å²) in [7, 11) is 0. The molecule has 4 aromatic rings. The summed E-state index contributed by atoms with van der Waals surface area (Å²) in [6.45, 7) is 2.61. The number of amides is 1. The first-order valence-corrected chi connectivity index (χ1v) is 9.75. The predicted molar refractivity (Wildman–Crippen MR) is 113 cm³/mol. The van der Waals surface area contributed by atoms with Crippen LogP contribution in [0.3, 0.4) is 0 Å². The molecule has 6 heteroatoms. The van der Waals surface area contributed by atoms with Crippen LogP contribution in [0.2, 0.25) is 0 Å². The zero-order chi connectivity index (χ0) is 20.1.